The Hall–Kier alpha value is -7.20. The first-order valence-corrected chi connectivity index (χ1v) is 17.6. The monoisotopic (exact) mass is 733 g/mol. The van der Waals surface area contributed by atoms with Crippen LogP contribution in [-0.4, -0.2) is 69.0 Å². The fourth-order valence-electron chi connectivity index (χ4n) is 7.12. The minimum Gasteiger partial charge on any atom is -0.358 e. The molecule has 272 valence electrons. The standard InChI is InChI=1S/C42H32FN7O5/c1-44-39(52)31-21-48-38-29(31)16-26(17-33(38)43)27-9-5-8-24-18-35(47-20-30(24)27)25-11-12-34(46-19-25)40(53)45-15-3-2-6-23-7-4-10-28-32(23)22-50(42(28)55)36-13-14-37(51)49-41(36)54/h4-5,7-12,16-21,36,48H,3,13-15,22H2,1H3,(H,44,52)(H,45,53)(H,49,51,54). The molecular weight excluding hydrogens is 702 g/mol. The molecule has 1 atom stereocenters. The van der Waals surface area contributed by atoms with E-state index in [1.807, 2.05) is 30.3 Å². The van der Waals surface area contributed by atoms with E-state index < -0.39 is 17.8 Å². The van der Waals surface area contributed by atoms with E-state index in [9.17, 15) is 24.0 Å². The zero-order chi connectivity index (χ0) is 38.2. The van der Waals surface area contributed by atoms with Gasteiger partial charge in [-0.3, -0.25) is 39.3 Å². The Balaban J connectivity index is 0.913. The summed E-state index contributed by atoms with van der Waals surface area (Å²) in [5, 5.41) is 9.87. The van der Waals surface area contributed by atoms with Crippen molar-refractivity contribution in [2.45, 2.75) is 31.8 Å². The van der Waals surface area contributed by atoms with Crippen LogP contribution in [0.2, 0.25) is 0 Å². The average molecular weight is 734 g/mol. The lowest BCUT2D eigenvalue weighted by Crippen LogP contribution is -2.52. The maximum atomic E-state index is 15.1. The molecule has 13 heteroatoms. The summed E-state index contributed by atoms with van der Waals surface area (Å²) in [4.78, 5) is 75.7. The number of rotatable bonds is 7. The molecular formula is C42H32FN7O5. The topological polar surface area (TPSA) is 166 Å². The van der Waals surface area contributed by atoms with Crippen LogP contribution in [0.3, 0.4) is 0 Å². The summed E-state index contributed by atoms with van der Waals surface area (Å²) in [6.45, 7) is 0.502. The predicted molar refractivity (Wildman–Crippen MR) is 202 cm³/mol. The van der Waals surface area contributed by atoms with Crippen LogP contribution in [0.5, 0.6) is 0 Å². The van der Waals surface area contributed by atoms with Crippen LogP contribution in [0.4, 0.5) is 4.39 Å². The number of aromatic nitrogens is 3. The fourth-order valence-corrected chi connectivity index (χ4v) is 7.12. The third kappa shape index (κ3) is 6.54. The number of amides is 5. The summed E-state index contributed by atoms with van der Waals surface area (Å²) in [7, 11) is 1.53. The number of carbonyl (C=O) groups excluding carboxylic acids is 5. The molecule has 3 aromatic carbocycles. The maximum absolute atomic E-state index is 15.1. The Bertz CT molecular complexity index is 2660. The van der Waals surface area contributed by atoms with Gasteiger partial charge in [0.05, 0.1) is 16.8 Å². The lowest BCUT2D eigenvalue weighted by Gasteiger charge is -2.29. The van der Waals surface area contributed by atoms with Gasteiger partial charge in [-0.15, -0.1) is 0 Å². The molecule has 2 aliphatic heterocycles. The van der Waals surface area contributed by atoms with Crippen LogP contribution in [0.25, 0.3) is 44.1 Å². The first-order chi connectivity index (χ1) is 26.7. The highest BCUT2D eigenvalue weighted by Gasteiger charge is 2.39. The van der Waals surface area contributed by atoms with E-state index >= 15 is 4.39 Å². The van der Waals surface area contributed by atoms with E-state index in [1.165, 1.54) is 24.2 Å². The van der Waals surface area contributed by atoms with Crippen molar-refractivity contribution < 1.29 is 28.4 Å². The van der Waals surface area contributed by atoms with Gasteiger partial charge in [0.25, 0.3) is 17.7 Å². The fraction of sp³-hybridized carbons (Fsp3) is 0.167. The summed E-state index contributed by atoms with van der Waals surface area (Å²) in [6, 6.07) is 18.8. The molecule has 0 aliphatic carbocycles. The van der Waals surface area contributed by atoms with Gasteiger partial charge in [0.1, 0.15) is 17.6 Å². The number of carbonyl (C=O) groups is 5. The van der Waals surface area contributed by atoms with E-state index in [1.54, 1.807) is 42.7 Å². The van der Waals surface area contributed by atoms with Crippen LogP contribution in [0.1, 0.15) is 61.6 Å². The van der Waals surface area contributed by atoms with Crippen LogP contribution >= 0.6 is 0 Å². The number of fused-ring (bicyclic) bond motifs is 3. The van der Waals surface area contributed by atoms with Gasteiger partial charge in [-0.1, -0.05) is 36.1 Å². The van der Waals surface area contributed by atoms with E-state index in [-0.39, 0.29) is 60.8 Å². The average Bonchev–Trinajstić information content (AvgIpc) is 3.78. The minimum atomic E-state index is -0.702. The van der Waals surface area contributed by atoms with Crippen molar-refractivity contribution in [2.24, 2.45) is 0 Å². The predicted octanol–water partition coefficient (Wildman–Crippen LogP) is 4.88. The summed E-state index contributed by atoms with van der Waals surface area (Å²) in [5.41, 5.74) is 5.45. The van der Waals surface area contributed by atoms with Gasteiger partial charge in [-0.05, 0) is 71.0 Å². The molecule has 0 saturated carbocycles. The highest BCUT2D eigenvalue weighted by atomic mass is 19.1. The second kappa shape index (κ2) is 14.3. The first kappa shape index (κ1) is 34.9. The van der Waals surface area contributed by atoms with Crippen LogP contribution in [0, 0.1) is 17.7 Å². The molecule has 1 unspecified atom stereocenters. The van der Waals surface area contributed by atoms with Crippen molar-refractivity contribution in [1.82, 2.24) is 35.8 Å². The van der Waals surface area contributed by atoms with Gasteiger partial charge in [0.2, 0.25) is 11.8 Å². The van der Waals surface area contributed by atoms with Crippen molar-refractivity contribution in [3.05, 3.63) is 119 Å². The normalized spacial score (nSPS) is 15.1. The number of nitrogens with one attached hydrogen (secondary N) is 4. The van der Waals surface area contributed by atoms with Gasteiger partial charge in [-0.25, -0.2) is 4.39 Å². The van der Waals surface area contributed by atoms with Crippen LogP contribution < -0.4 is 16.0 Å². The maximum Gasteiger partial charge on any atom is 0.269 e. The second-order valence-electron chi connectivity index (χ2n) is 13.2. The smallest absolute Gasteiger partial charge is 0.269 e. The van der Waals surface area contributed by atoms with E-state index in [2.05, 4.69) is 42.7 Å². The number of halogens is 1. The quantitative estimate of drug-likeness (QED) is 0.103. The van der Waals surface area contributed by atoms with Crippen molar-refractivity contribution >= 4 is 51.2 Å². The van der Waals surface area contributed by atoms with Gasteiger partial charge < -0.3 is 20.5 Å². The Kier molecular flexibility index (Phi) is 9.08. The molecule has 4 N–H and O–H groups in total. The molecule has 55 heavy (non-hydrogen) atoms. The van der Waals surface area contributed by atoms with Gasteiger partial charge >= 0.3 is 0 Å². The lowest BCUT2D eigenvalue weighted by atomic mass is 9.97. The number of imide groups is 1. The zero-order valence-corrected chi connectivity index (χ0v) is 29.5. The number of H-pyrrole nitrogens is 1. The molecule has 0 spiro atoms. The van der Waals surface area contributed by atoms with Gasteiger partial charge in [0.15, 0.2) is 0 Å². The van der Waals surface area contributed by atoms with Crippen molar-refractivity contribution in [1.29, 1.82) is 0 Å². The number of pyridine rings is 2. The molecule has 0 bridgehead atoms. The van der Waals surface area contributed by atoms with Crippen LogP contribution in [-0.2, 0) is 16.1 Å². The van der Waals surface area contributed by atoms with Crippen LogP contribution in [0.15, 0.2) is 85.3 Å². The molecule has 6 aromatic rings. The number of piperidine rings is 1. The SMILES string of the molecule is CNC(=O)c1c[nH]c2c(F)cc(-c3cccc4cc(-c5ccc(C(=O)NCCC#Cc6cccc7c6CN(C6CCC(=O)NC6=O)C7=O)nc5)ncc34)cc12. The van der Waals surface area contributed by atoms with E-state index in [0.29, 0.717) is 45.3 Å². The molecule has 1 fully saturated rings. The highest BCUT2D eigenvalue weighted by Crippen LogP contribution is 2.34. The van der Waals surface area contributed by atoms with Gasteiger partial charge in [0, 0.05) is 79.0 Å². The number of nitrogens with zero attached hydrogens (tertiary/aromatic N) is 3. The molecule has 5 heterocycles. The second-order valence-corrected chi connectivity index (χ2v) is 13.2. The molecule has 8 rings (SSSR count). The minimum absolute atomic E-state index is 0.181. The summed E-state index contributed by atoms with van der Waals surface area (Å²) in [5.74, 6) is 3.95. The third-order valence-electron chi connectivity index (χ3n) is 9.92. The molecule has 2 aliphatic rings. The van der Waals surface area contributed by atoms with E-state index in [4.69, 9.17) is 0 Å². The molecule has 3 aromatic heterocycles. The number of hydrogen-bond donors (Lipinski definition) is 4. The number of aromatic amines is 1. The summed E-state index contributed by atoms with van der Waals surface area (Å²) in [6.07, 6.45) is 5.61. The molecule has 0 radical (unpaired) electrons. The number of hydrogen-bond acceptors (Lipinski definition) is 7. The largest absolute Gasteiger partial charge is 0.358 e. The van der Waals surface area contributed by atoms with Gasteiger partial charge in [-0.2, -0.15) is 0 Å². The zero-order valence-electron chi connectivity index (χ0n) is 29.5. The summed E-state index contributed by atoms with van der Waals surface area (Å²) >= 11 is 0. The Labute approximate surface area is 313 Å². The first-order valence-electron chi connectivity index (χ1n) is 17.6. The molecule has 5 amide bonds. The Morgan fingerprint density at radius 3 is 2.58 bits per heavy atom. The van der Waals surface area contributed by atoms with E-state index in [0.717, 1.165) is 21.9 Å². The highest BCUT2D eigenvalue weighted by molar-refractivity contribution is 6.09. The van der Waals surface area contributed by atoms with Crippen molar-refractivity contribution in [3.8, 4) is 34.2 Å². The Morgan fingerprint density at radius 1 is 0.945 bits per heavy atom. The molecule has 1 saturated heterocycles. The molecule has 12 nitrogen and oxygen atoms in total. The Morgan fingerprint density at radius 2 is 1.78 bits per heavy atom. The van der Waals surface area contributed by atoms with Crippen molar-refractivity contribution in [3.63, 3.8) is 0 Å². The summed E-state index contributed by atoms with van der Waals surface area (Å²) < 4.78 is 15.1. The number of benzene rings is 3. The third-order valence-corrected chi connectivity index (χ3v) is 9.92. The van der Waals surface area contributed by atoms with Crippen molar-refractivity contribution in [2.75, 3.05) is 13.6 Å². The lowest BCUT2D eigenvalue weighted by molar-refractivity contribution is -0.136.